The van der Waals surface area contributed by atoms with Gasteiger partial charge in [-0.2, -0.15) is 0 Å². The third kappa shape index (κ3) is 3.05. The second-order valence-corrected chi connectivity index (χ2v) is 8.68. The van der Waals surface area contributed by atoms with Gasteiger partial charge in [0.05, 0.1) is 11.5 Å². The zero-order chi connectivity index (χ0) is 22.3. The summed E-state index contributed by atoms with van der Waals surface area (Å²) in [7, 11) is 0. The van der Waals surface area contributed by atoms with Gasteiger partial charge in [0.25, 0.3) is 0 Å². The number of benzene rings is 5. The van der Waals surface area contributed by atoms with Gasteiger partial charge in [-0.15, -0.1) is 0 Å². The molecule has 0 fully saturated rings. The summed E-state index contributed by atoms with van der Waals surface area (Å²) >= 11 is 0. The third-order valence-electron chi connectivity index (χ3n) is 6.92. The summed E-state index contributed by atoms with van der Waals surface area (Å²) in [5, 5.41) is 16.9. The highest BCUT2D eigenvalue weighted by Gasteiger charge is 2.43. The van der Waals surface area contributed by atoms with Crippen molar-refractivity contribution >= 4 is 22.4 Å². The molecule has 0 unspecified atom stereocenters. The Morgan fingerprint density at radius 2 is 1.12 bits per heavy atom. The molecule has 1 aliphatic rings. The second kappa shape index (κ2) is 7.88. The van der Waals surface area contributed by atoms with Crippen LogP contribution >= 0.6 is 0 Å². The largest absolute Gasteiger partial charge is 0.387 e. The smallest absolute Gasteiger partial charge is 0.0974 e. The standard InChI is InChI=1S/C32H24O/c33-31-30(29-21-11-14-23-12-7-9-19-27(23)29)28-20-10-8-13-24(28)22-32(31,25-15-3-1-4-16-25)26-17-5-2-6-18-26/h1-22,31,33H/t31-/m1/s1. The summed E-state index contributed by atoms with van der Waals surface area (Å²) in [6, 6.07) is 44.0. The Labute approximate surface area is 193 Å². The predicted molar refractivity (Wildman–Crippen MR) is 136 cm³/mol. The number of aliphatic hydroxyl groups is 1. The van der Waals surface area contributed by atoms with E-state index in [1.54, 1.807) is 0 Å². The summed E-state index contributed by atoms with van der Waals surface area (Å²) in [6.07, 6.45) is 1.50. The lowest BCUT2D eigenvalue weighted by molar-refractivity contribution is 0.186. The lowest BCUT2D eigenvalue weighted by Gasteiger charge is -2.40. The van der Waals surface area contributed by atoms with Crippen LogP contribution in [0.25, 0.3) is 22.4 Å². The van der Waals surface area contributed by atoms with Crippen LogP contribution in [0.5, 0.6) is 0 Å². The van der Waals surface area contributed by atoms with E-state index in [2.05, 4.69) is 121 Å². The lowest BCUT2D eigenvalue weighted by atomic mass is 9.64. The normalized spacial score (nSPS) is 16.8. The van der Waals surface area contributed by atoms with Gasteiger partial charge in [-0.25, -0.2) is 0 Å². The molecule has 0 aromatic heterocycles. The second-order valence-electron chi connectivity index (χ2n) is 8.68. The minimum atomic E-state index is -0.761. The molecule has 1 heteroatoms. The van der Waals surface area contributed by atoms with Crippen molar-refractivity contribution in [1.29, 1.82) is 0 Å². The highest BCUT2D eigenvalue weighted by atomic mass is 16.3. The molecule has 5 aromatic carbocycles. The SMILES string of the molecule is O[C@@H]1C(c2cccc3ccccc23)=c2ccccc2=CC1(c1ccccc1)c1ccccc1. The van der Waals surface area contributed by atoms with E-state index in [1.165, 1.54) is 5.39 Å². The molecule has 1 N–H and O–H groups in total. The molecule has 0 bridgehead atoms. The van der Waals surface area contributed by atoms with Gasteiger partial charge in [0.2, 0.25) is 0 Å². The number of fused-ring (bicyclic) bond motifs is 2. The van der Waals surface area contributed by atoms with Gasteiger partial charge in [0, 0.05) is 0 Å². The maximum absolute atomic E-state index is 12.4. The first-order chi connectivity index (χ1) is 16.3. The van der Waals surface area contributed by atoms with Crippen molar-refractivity contribution in [3.05, 3.63) is 155 Å². The molecule has 33 heavy (non-hydrogen) atoms. The van der Waals surface area contributed by atoms with E-state index in [0.717, 1.165) is 38.1 Å². The molecule has 1 nitrogen and oxygen atoms in total. The first-order valence-electron chi connectivity index (χ1n) is 11.4. The Morgan fingerprint density at radius 3 is 1.85 bits per heavy atom. The van der Waals surface area contributed by atoms with Crippen LogP contribution in [-0.4, -0.2) is 11.2 Å². The molecular formula is C32H24O. The van der Waals surface area contributed by atoms with E-state index in [1.807, 2.05) is 12.1 Å². The van der Waals surface area contributed by atoms with Crippen LogP contribution in [0.1, 0.15) is 16.7 Å². The molecule has 0 saturated carbocycles. The third-order valence-corrected chi connectivity index (χ3v) is 6.92. The summed E-state index contributed by atoms with van der Waals surface area (Å²) in [5.74, 6) is 0. The minimum absolute atomic E-state index is 0.705. The molecule has 0 amide bonds. The molecular weight excluding hydrogens is 400 g/mol. The molecule has 0 aliphatic heterocycles. The fourth-order valence-corrected chi connectivity index (χ4v) is 5.40. The van der Waals surface area contributed by atoms with Crippen molar-refractivity contribution in [1.82, 2.24) is 0 Å². The number of hydrogen-bond donors (Lipinski definition) is 1. The molecule has 1 atom stereocenters. The highest BCUT2D eigenvalue weighted by molar-refractivity contribution is 5.96. The molecule has 1 aliphatic carbocycles. The fourth-order valence-electron chi connectivity index (χ4n) is 5.40. The fraction of sp³-hybridized carbons (Fsp3) is 0.0625. The van der Waals surface area contributed by atoms with E-state index in [9.17, 15) is 5.11 Å². The van der Waals surface area contributed by atoms with E-state index < -0.39 is 11.5 Å². The van der Waals surface area contributed by atoms with Crippen molar-refractivity contribution in [2.24, 2.45) is 0 Å². The summed E-state index contributed by atoms with van der Waals surface area (Å²) in [5.41, 5.74) is 3.50. The molecule has 6 rings (SSSR count). The van der Waals surface area contributed by atoms with Gasteiger partial charge in [-0.05, 0) is 43.5 Å². The Hall–Kier alpha value is -3.94. The maximum atomic E-state index is 12.4. The Bertz CT molecular complexity index is 1520. The Kier molecular flexibility index (Phi) is 4.71. The quantitative estimate of drug-likeness (QED) is 0.423. The van der Waals surface area contributed by atoms with Crippen molar-refractivity contribution in [2.45, 2.75) is 11.5 Å². The van der Waals surface area contributed by atoms with Crippen LogP contribution in [-0.2, 0) is 5.41 Å². The van der Waals surface area contributed by atoms with E-state index in [0.29, 0.717) is 0 Å². The zero-order valence-electron chi connectivity index (χ0n) is 18.2. The van der Waals surface area contributed by atoms with E-state index in [-0.39, 0.29) is 0 Å². The monoisotopic (exact) mass is 424 g/mol. The maximum Gasteiger partial charge on any atom is 0.0974 e. The van der Waals surface area contributed by atoms with Crippen LogP contribution in [0.15, 0.2) is 127 Å². The van der Waals surface area contributed by atoms with Crippen molar-refractivity contribution < 1.29 is 5.11 Å². The predicted octanol–water partition coefficient (Wildman–Crippen LogP) is 5.18. The van der Waals surface area contributed by atoms with Crippen molar-refractivity contribution in [3.8, 4) is 0 Å². The number of aliphatic hydroxyl groups excluding tert-OH is 1. The van der Waals surface area contributed by atoms with Crippen LogP contribution < -0.4 is 10.4 Å². The van der Waals surface area contributed by atoms with Crippen LogP contribution in [0.3, 0.4) is 0 Å². The van der Waals surface area contributed by atoms with Gasteiger partial charge < -0.3 is 5.11 Å². The average Bonchev–Trinajstić information content (AvgIpc) is 2.89. The summed E-state index contributed by atoms with van der Waals surface area (Å²) < 4.78 is 0. The van der Waals surface area contributed by atoms with Crippen LogP contribution in [0.2, 0.25) is 0 Å². The lowest BCUT2D eigenvalue weighted by Crippen LogP contribution is -2.49. The molecule has 0 saturated heterocycles. The first kappa shape index (κ1) is 19.7. The van der Waals surface area contributed by atoms with Gasteiger partial charge in [-0.1, -0.05) is 133 Å². The van der Waals surface area contributed by atoms with Gasteiger partial charge in [0.1, 0.15) is 0 Å². The Balaban J connectivity index is 1.76. The number of hydrogen-bond acceptors (Lipinski definition) is 1. The Morgan fingerprint density at radius 1 is 0.545 bits per heavy atom. The van der Waals surface area contributed by atoms with E-state index in [4.69, 9.17) is 0 Å². The first-order valence-corrected chi connectivity index (χ1v) is 11.4. The average molecular weight is 425 g/mol. The van der Waals surface area contributed by atoms with Gasteiger partial charge >= 0.3 is 0 Å². The topological polar surface area (TPSA) is 20.2 Å². The highest BCUT2D eigenvalue weighted by Crippen LogP contribution is 2.43. The molecule has 0 spiro atoms. The van der Waals surface area contributed by atoms with Gasteiger partial charge in [-0.3, -0.25) is 0 Å². The van der Waals surface area contributed by atoms with Crippen LogP contribution in [0, 0.1) is 0 Å². The zero-order valence-corrected chi connectivity index (χ0v) is 18.2. The van der Waals surface area contributed by atoms with Gasteiger partial charge in [0.15, 0.2) is 0 Å². The number of rotatable bonds is 3. The summed E-state index contributed by atoms with van der Waals surface area (Å²) in [6.45, 7) is 0. The van der Waals surface area contributed by atoms with E-state index >= 15 is 0 Å². The molecule has 5 aromatic rings. The van der Waals surface area contributed by atoms with Crippen molar-refractivity contribution in [3.63, 3.8) is 0 Å². The van der Waals surface area contributed by atoms with Crippen molar-refractivity contribution in [2.75, 3.05) is 0 Å². The molecule has 0 radical (unpaired) electrons. The minimum Gasteiger partial charge on any atom is -0.387 e. The molecule has 158 valence electrons. The van der Waals surface area contributed by atoms with Crippen LogP contribution in [0.4, 0.5) is 0 Å². The molecule has 0 heterocycles. The summed E-state index contributed by atoms with van der Waals surface area (Å²) in [4.78, 5) is 0.